The second kappa shape index (κ2) is 9.93. The van der Waals surface area contributed by atoms with E-state index in [-0.39, 0.29) is 24.7 Å². The molecule has 7 nitrogen and oxygen atoms in total. The number of hydrogen-bond donors (Lipinski definition) is 2. The van der Waals surface area contributed by atoms with Gasteiger partial charge in [-0.25, -0.2) is 9.97 Å². The van der Waals surface area contributed by atoms with E-state index in [1.165, 1.54) is 4.90 Å². The maximum atomic E-state index is 13.3. The Kier molecular flexibility index (Phi) is 7.51. The number of nitrogens with two attached hydrogens (primary N) is 1. The molecule has 0 spiro atoms. The molecule has 1 heterocycles. The van der Waals surface area contributed by atoms with E-state index in [0.717, 1.165) is 34.6 Å². The molecule has 1 aromatic heterocycles. The minimum absolute atomic E-state index is 0.0254. The first-order valence-electron chi connectivity index (χ1n) is 9.89. The second-order valence-electron chi connectivity index (χ2n) is 7.53. The number of nitrogen functional groups attached to an aromatic ring is 1. The topological polar surface area (TPSA) is 109 Å². The number of carbonyl (C=O) groups is 2. The summed E-state index contributed by atoms with van der Waals surface area (Å²) in [5.41, 5.74) is 7.65. The lowest BCUT2D eigenvalue weighted by molar-refractivity contribution is -0.117. The molecule has 3 rings (SSSR count). The van der Waals surface area contributed by atoms with E-state index in [1.807, 2.05) is 24.3 Å². The van der Waals surface area contributed by atoms with Crippen LogP contribution in [-0.2, 0) is 21.5 Å². The third-order valence-corrected chi connectivity index (χ3v) is 7.21. The fourth-order valence-electron chi connectivity index (χ4n) is 3.35. The standard InChI is InChI=1S/C22H25BrN4O3S/c1-14(27(13-29)12-16-11-25-15(2)26-20(16)24)19(6-9-28)31-21(30)22(7-8-22)17-4-3-5-18(23)10-17/h3-5,10-11,13,28H,6-9,12H2,1-2H3,(H2,24,25,26)/b19-14-. The molecule has 31 heavy (non-hydrogen) atoms. The van der Waals surface area contributed by atoms with E-state index in [4.69, 9.17) is 5.73 Å². The zero-order chi connectivity index (χ0) is 22.6. The predicted octanol–water partition coefficient (Wildman–Crippen LogP) is 3.69. The number of hydrogen-bond acceptors (Lipinski definition) is 7. The first-order chi connectivity index (χ1) is 14.8. The molecule has 164 valence electrons. The minimum Gasteiger partial charge on any atom is -0.396 e. The summed E-state index contributed by atoms with van der Waals surface area (Å²) < 4.78 is 0.932. The molecule has 1 saturated carbocycles. The fourth-order valence-corrected chi connectivity index (χ4v) is 4.95. The van der Waals surface area contributed by atoms with Crippen LogP contribution < -0.4 is 5.73 Å². The third kappa shape index (κ3) is 5.34. The van der Waals surface area contributed by atoms with Crippen molar-refractivity contribution in [1.82, 2.24) is 14.9 Å². The number of aromatic nitrogens is 2. The number of halogens is 1. The van der Waals surface area contributed by atoms with Crippen LogP contribution in [0.1, 0.15) is 43.1 Å². The number of nitrogens with zero attached hydrogens (tertiary/aromatic N) is 3. The number of thioether (sulfide) groups is 1. The molecule has 1 aliphatic rings. The van der Waals surface area contributed by atoms with Gasteiger partial charge in [0, 0.05) is 39.9 Å². The zero-order valence-corrected chi connectivity index (χ0v) is 19.9. The van der Waals surface area contributed by atoms with Gasteiger partial charge in [-0.1, -0.05) is 39.8 Å². The van der Waals surface area contributed by atoms with Crippen LogP contribution in [0.4, 0.5) is 5.82 Å². The van der Waals surface area contributed by atoms with Gasteiger partial charge >= 0.3 is 0 Å². The summed E-state index contributed by atoms with van der Waals surface area (Å²) in [5.74, 6) is 0.863. The molecule has 0 saturated heterocycles. The Morgan fingerprint density at radius 1 is 1.42 bits per heavy atom. The summed E-state index contributed by atoms with van der Waals surface area (Å²) in [5, 5.41) is 9.60. The Hall–Kier alpha value is -2.23. The number of amides is 1. The fraction of sp³-hybridized carbons (Fsp3) is 0.364. The Balaban J connectivity index is 1.84. The SMILES string of the molecule is C/C(=C(\CCO)SC(=O)C1(c2cccc(Br)c2)CC1)N(C=O)Cc1cnc(C)nc1N. The normalized spacial score (nSPS) is 15.2. The monoisotopic (exact) mass is 504 g/mol. The van der Waals surface area contributed by atoms with E-state index in [1.54, 1.807) is 20.0 Å². The van der Waals surface area contributed by atoms with E-state index in [9.17, 15) is 14.7 Å². The molecule has 3 N–H and O–H groups in total. The Bertz CT molecular complexity index is 1020. The molecule has 0 bridgehead atoms. The van der Waals surface area contributed by atoms with Crippen molar-refractivity contribution < 1.29 is 14.7 Å². The van der Waals surface area contributed by atoms with E-state index >= 15 is 0 Å². The van der Waals surface area contributed by atoms with Crippen LogP contribution in [0.3, 0.4) is 0 Å². The maximum absolute atomic E-state index is 13.3. The Labute approximate surface area is 194 Å². The highest BCUT2D eigenvalue weighted by Gasteiger charge is 2.51. The molecule has 0 aliphatic heterocycles. The third-order valence-electron chi connectivity index (χ3n) is 5.39. The molecule has 0 atom stereocenters. The molecular weight excluding hydrogens is 480 g/mol. The number of aliphatic hydroxyl groups excluding tert-OH is 1. The zero-order valence-electron chi connectivity index (χ0n) is 17.5. The summed E-state index contributed by atoms with van der Waals surface area (Å²) in [4.78, 5) is 35.5. The predicted molar refractivity (Wildman–Crippen MR) is 125 cm³/mol. The van der Waals surface area contributed by atoms with Gasteiger partial charge in [-0.2, -0.15) is 0 Å². The van der Waals surface area contributed by atoms with Crippen LogP contribution in [0, 0.1) is 6.92 Å². The van der Waals surface area contributed by atoms with Crippen molar-refractivity contribution in [3.05, 3.63) is 62.5 Å². The summed E-state index contributed by atoms with van der Waals surface area (Å²) in [6, 6.07) is 7.80. The van der Waals surface area contributed by atoms with Crippen molar-refractivity contribution >= 4 is 45.0 Å². The van der Waals surface area contributed by atoms with E-state index in [2.05, 4.69) is 25.9 Å². The van der Waals surface area contributed by atoms with E-state index in [0.29, 0.717) is 34.2 Å². The molecule has 2 aromatic rings. The van der Waals surface area contributed by atoms with Gasteiger partial charge in [-0.15, -0.1) is 0 Å². The van der Waals surface area contributed by atoms with Crippen LogP contribution in [0.2, 0.25) is 0 Å². The number of rotatable bonds is 9. The van der Waals surface area contributed by atoms with Crippen LogP contribution in [0.5, 0.6) is 0 Å². The van der Waals surface area contributed by atoms with Crippen molar-refractivity contribution in [1.29, 1.82) is 0 Å². The smallest absolute Gasteiger partial charge is 0.214 e. The number of carbonyl (C=O) groups excluding carboxylic acids is 2. The first-order valence-corrected chi connectivity index (χ1v) is 11.5. The lowest BCUT2D eigenvalue weighted by Crippen LogP contribution is -2.23. The highest BCUT2D eigenvalue weighted by molar-refractivity contribution is 9.10. The number of aliphatic hydroxyl groups is 1. The van der Waals surface area contributed by atoms with Crippen molar-refractivity contribution in [2.24, 2.45) is 0 Å². The molecule has 1 aliphatic carbocycles. The molecule has 1 aromatic carbocycles. The first kappa shape index (κ1) is 23.4. The maximum Gasteiger partial charge on any atom is 0.214 e. The molecule has 0 unspecified atom stereocenters. The molecular formula is C22H25BrN4O3S. The quantitative estimate of drug-likeness (QED) is 0.501. The van der Waals surface area contributed by atoms with Gasteiger partial charge in [0.2, 0.25) is 11.5 Å². The average Bonchev–Trinajstić information content (AvgIpc) is 3.55. The number of allylic oxidation sites excluding steroid dienone is 1. The summed E-state index contributed by atoms with van der Waals surface area (Å²) in [7, 11) is 0. The van der Waals surface area contributed by atoms with Gasteiger partial charge in [0.1, 0.15) is 11.6 Å². The lowest BCUT2D eigenvalue weighted by atomic mass is 9.98. The molecule has 0 radical (unpaired) electrons. The summed E-state index contributed by atoms with van der Waals surface area (Å²) in [6.45, 7) is 3.56. The molecule has 9 heteroatoms. The van der Waals surface area contributed by atoms with Gasteiger partial charge in [-0.05, 0) is 44.4 Å². The van der Waals surface area contributed by atoms with Crippen molar-refractivity contribution in [2.75, 3.05) is 12.3 Å². The summed E-state index contributed by atoms with van der Waals surface area (Å²) >= 11 is 4.58. The highest BCUT2D eigenvalue weighted by atomic mass is 79.9. The average molecular weight is 505 g/mol. The van der Waals surface area contributed by atoms with Crippen molar-refractivity contribution in [3.8, 4) is 0 Å². The van der Waals surface area contributed by atoms with Crippen molar-refractivity contribution in [2.45, 2.75) is 45.1 Å². The van der Waals surface area contributed by atoms with Crippen LogP contribution >= 0.6 is 27.7 Å². The lowest BCUT2D eigenvalue weighted by Gasteiger charge is -2.23. The number of aryl methyl sites for hydroxylation is 1. The van der Waals surface area contributed by atoms with Crippen LogP contribution in [-0.4, -0.2) is 38.1 Å². The van der Waals surface area contributed by atoms with Gasteiger partial charge in [0.05, 0.1) is 12.0 Å². The Morgan fingerprint density at radius 2 is 2.16 bits per heavy atom. The van der Waals surface area contributed by atoms with Gasteiger partial charge < -0.3 is 15.7 Å². The Morgan fingerprint density at radius 3 is 2.74 bits per heavy atom. The van der Waals surface area contributed by atoms with Crippen molar-refractivity contribution in [3.63, 3.8) is 0 Å². The molecule has 1 amide bonds. The van der Waals surface area contributed by atoms with Crippen LogP contribution in [0.25, 0.3) is 0 Å². The number of anilines is 1. The van der Waals surface area contributed by atoms with E-state index < -0.39 is 5.41 Å². The van der Waals surface area contributed by atoms with Gasteiger partial charge in [0.15, 0.2) is 0 Å². The van der Waals surface area contributed by atoms with Crippen LogP contribution in [0.15, 0.2) is 45.5 Å². The highest BCUT2D eigenvalue weighted by Crippen LogP contribution is 2.53. The van der Waals surface area contributed by atoms with Gasteiger partial charge in [0.25, 0.3) is 0 Å². The summed E-state index contributed by atoms with van der Waals surface area (Å²) in [6.07, 6.45) is 4.14. The minimum atomic E-state index is -0.517. The molecule has 1 fully saturated rings. The largest absolute Gasteiger partial charge is 0.396 e. The second-order valence-corrected chi connectivity index (χ2v) is 9.51. The number of benzene rings is 1. The van der Waals surface area contributed by atoms with Gasteiger partial charge in [-0.3, -0.25) is 9.59 Å².